The van der Waals surface area contributed by atoms with Crippen LogP contribution < -0.4 is 17.0 Å². The second kappa shape index (κ2) is 6.31. The Morgan fingerprint density at radius 3 is 2.25 bits per heavy atom. The zero-order valence-corrected chi connectivity index (χ0v) is 8.51. The normalized spacial score (nSPS) is 9.06. The van der Waals surface area contributed by atoms with Gasteiger partial charge in [-0.1, -0.05) is 0 Å². The minimum atomic E-state index is -0.475. The zero-order valence-electron chi connectivity index (χ0n) is 8.51. The Balaban J connectivity index is 0.000000160. The maximum atomic E-state index is 10.2. The SMILES string of the molecule is NCc1ccncc1.O=c1cc[nH]c(=O)[nH]1. The number of nitrogens with zero attached hydrogens (tertiary/aromatic N) is 1. The summed E-state index contributed by atoms with van der Waals surface area (Å²) in [6, 6.07) is 5.04. The van der Waals surface area contributed by atoms with E-state index in [0.29, 0.717) is 6.54 Å². The quantitative estimate of drug-likeness (QED) is 0.608. The molecular formula is C10H12N4O2. The van der Waals surface area contributed by atoms with Crippen LogP contribution >= 0.6 is 0 Å². The first kappa shape index (κ1) is 11.9. The minimum Gasteiger partial charge on any atom is -0.326 e. The molecule has 0 spiro atoms. The van der Waals surface area contributed by atoms with Crippen molar-refractivity contribution >= 4 is 0 Å². The second-order valence-corrected chi connectivity index (χ2v) is 2.86. The summed E-state index contributed by atoms with van der Waals surface area (Å²) < 4.78 is 0. The molecule has 0 radical (unpaired) electrons. The third-order valence-electron chi connectivity index (χ3n) is 1.67. The van der Waals surface area contributed by atoms with E-state index in [9.17, 15) is 9.59 Å². The summed E-state index contributed by atoms with van der Waals surface area (Å²) >= 11 is 0. The van der Waals surface area contributed by atoms with Crippen LogP contribution in [0.3, 0.4) is 0 Å². The number of nitrogens with two attached hydrogens (primary N) is 1. The van der Waals surface area contributed by atoms with Crippen LogP contribution in [0, 0.1) is 0 Å². The highest BCUT2D eigenvalue weighted by molar-refractivity contribution is 5.08. The van der Waals surface area contributed by atoms with Gasteiger partial charge in [0.05, 0.1) is 0 Å². The van der Waals surface area contributed by atoms with Gasteiger partial charge in [0.2, 0.25) is 0 Å². The molecule has 0 aliphatic carbocycles. The van der Waals surface area contributed by atoms with Gasteiger partial charge in [-0.3, -0.25) is 14.8 Å². The van der Waals surface area contributed by atoms with Crippen molar-refractivity contribution in [1.29, 1.82) is 0 Å². The number of pyridine rings is 1. The Kier molecular flexibility index (Phi) is 4.68. The van der Waals surface area contributed by atoms with Gasteiger partial charge >= 0.3 is 5.69 Å². The van der Waals surface area contributed by atoms with Gasteiger partial charge in [0, 0.05) is 31.2 Å². The maximum absolute atomic E-state index is 10.2. The molecule has 0 bridgehead atoms. The predicted molar refractivity (Wildman–Crippen MR) is 59.8 cm³/mol. The number of nitrogens with one attached hydrogen (secondary N) is 2. The third kappa shape index (κ3) is 4.34. The molecule has 6 nitrogen and oxygen atoms in total. The summed E-state index contributed by atoms with van der Waals surface area (Å²) in [5, 5.41) is 0. The van der Waals surface area contributed by atoms with E-state index in [1.165, 1.54) is 12.3 Å². The number of rotatable bonds is 1. The van der Waals surface area contributed by atoms with E-state index >= 15 is 0 Å². The van der Waals surface area contributed by atoms with Crippen molar-refractivity contribution < 1.29 is 0 Å². The van der Waals surface area contributed by atoms with Gasteiger partial charge in [0.25, 0.3) is 5.56 Å². The molecule has 16 heavy (non-hydrogen) atoms. The number of hydrogen-bond acceptors (Lipinski definition) is 4. The summed E-state index contributed by atoms with van der Waals surface area (Å²) in [6.45, 7) is 0.600. The highest BCUT2D eigenvalue weighted by Gasteiger charge is 1.81. The largest absolute Gasteiger partial charge is 0.326 e. The summed E-state index contributed by atoms with van der Waals surface area (Å²) in [6.07, 6.45) is 4.77. The second-order valence-electron chi connectivity index (χ2n) is 2.86. The third-order valence-corrected chi connectivity index (χ3v) is 1.67. The molecule has 0 aliphatic rings. The van der Waals surface area contributed by atoms with Crippen molar-refractivity contribution in [2.45, 2.75) is 6.54 Å². The van der Waals surface area contributed by atoms with Crippen LogP contribution in [0.1, 0.15) is 5.56 Å². The molecule has 0 aromatic carbocycles. The monoisotopic (exact) mass is 220 g/mol. The van der Waals surface area contributed by atoms with Crippen LogP contribution in [0.25, 0.3) is 0 Å². The Morgan fingerprint density at radius 2 is 1.88 bits per heavy atom. The zero-order chi connectivity index (χ0) is 11.8. The predicted octanol–water partition coefficient (Wildman–Crippen LogP) is -0.397. The number of hydrogen-bond donors (Lipinski definition) is 3. The van der Waals surface area contributed by atoms with Gasteiger partial charge in [-0.15, -0.1) is 0 Å². The number of aromatic amines is 2. The van der Waals surface area contributed by atoms with Crippen LogP contribution in [0.2, 0.25) is 0 Å². The van der Waals surface area contributed by atoms with Crippen LogP contribution in [-0.2, 0) is 6.54 Å². The average molecular weight is 220 g/mol. The molecule has 2 aromatic heterocycles. The molecular weight excluding hydrogens is 208 g/mol. The molecule has 4 N–H and O–H groups in total. The van der Waals surface area contributed by atoms with Crippen molar-refractivity contribution in [2.75, 3.05) is 0 Å². The molecule has 0 saturated heterocycles. The lowest BCUT2D eigenvalue weighted by molar-refractivity contribution is 1.04. The van der Waals surface area contributed by atoms with E-state index in [1.807, 2.05) is 17.1 Å². The Morgan fingerprint density at radius 1 is 1.19 bits per heavy atom. The van der Waals surface area contributed by atoms with Crippen LogP contribution in [0.15, 0.2) is 46.4 Å². The molecule has 0 saturated carbocycles. The fourth-order valence-corrected chi connectivity index (χ4v) is 0.902. The van der Waals surface area contributed by atoms with Crippen LogP contribution in [0.4, 0.5) is 0 Å². The molecule has 84 valence electrons. The smallest absolute Gasteiger partial charge is 0.325 e. The van der Waals surface area contributed by atoms with Gasteiger partial charge in [-0.05, 0) is 17.7 Å². The topological polar surface area (TPSA) is 105 Å². The lowest BCUT2D eigenvalue weighted by atomic mass is 10.3. The van der Waals surface area contributed by atoms with Crippen molar-refractivity contribution in [1.82, 2.24) is 15.0 Å². The summed E-state index contributed by atoms with van der Waals surface area (Å²) in [5.74, 6) is 0. The molecule has 2 heterocycles. The van der Waals surface area contributed by atoms with E-state index in [2.05, 4.69) is 9.97 Å². The molecule has 0 unspecified atom stereocenters. The Bertz CT molecular complexity index is 493. The van der Waals surface area contributed by atoms with Gasteiger partial charge in [-0.25, -0.2) is 4.79 Å². The highest BCUT2D eigenvalue weighted by Crippen LogP contribution is 1.91. The van der Waals surface area contributed by atoms with Crippen LogP contribution in [0.5, 0.6) is 0 Å². The fraction of sp³-hybridized carbons (Fsp3) is 0.100. The lowest BCUT2D eigenvalue weighted by Gasteiger charge is -1.89. The molecule has 0 aliphatic heterocycles. The average Bonchev–Trinajstić information content (AvgIpc) is 2.31. The summed E-state index contributed by atoms with van der Waals surface area (Å²) in [5.41, 5.74) is 5.59. The first-order chi connectivity index (χ1) is 7.72. The van der Waals surface area contributed by atoms with Gasteiger partial charge in [-0.2, -0.15) is 0 Å². The number of H-pyrrole nitrogens is 2. The standard InChI is InChI=1S/C6H8N2.C4H4N2O2/c7-5-6-1-3-8-4-2-6;7-3-1-2-5-4(8)6-3/h1-4H,5,7H2;1-2H,(H2,5,6,7,8). The van der Waals surface area contributed by atoms with Crippen LogP contribution in [-0.4, -0.2) is 15.0 Å². The highest BCUT2D eigenvalue weighted by atomic mass is 16.2. The molecule has 0 fully saturated rings. The fourth-order valence-electron chi connectivity index (χ4n) is 0.902. The number of aromatic nitrogens is 3. The molecule has 2 aromatic rings. The van der Waals surface area contributed by atoms with Crippen molar-refractivity contribution in [3.63, 3.8) is 0 Å². The van der Waals surface area contributed by atoms with Gasteiger partial charge in [0.1, 0.15) is 0 Å². The minimum absolute atomic E-state index is 0.381. The Hall–Kier alpha value is -2.21. The van der Waals surface area contributed by atoms with E-state index in [-0.39, 0.29) is 5.56 Å². The van der Waals surface area contributed by atoms with E-state index in [0.717, 1.165) is 5.56 Å². The molecule has 6 heteroatoms. The van der Waals surface area contributed by atoms with Gasteiger partial charge in [0.15, 0.2) is 0 Å². The molecule has 0 amide bonds. The van der Waals surface area contributed by atoms with E-state index in [1.54, 1.807) is 12.4 Å². The summed E-state index contributed by atoms with van der Waals surface area (Å²) in [7, 11) is 0. The van der Waals surface area contributed by atoms with E-state index in [4.69, 9.17) is 5.73 Å². The maximum Gasteiger partial charge on any atom is 0.325 e. The first-order valence-corrected chi connectivity index (χ1v) is 4.59. The van der Waals surface area contributed by atoms with E-state index < -0.39 is 5.69 Å². The summed E-state index contributed by atoms with van der Waals surface area (Å²) in [4.78, 5) is 28.5. The first-order valence-electron chi connectivity index (χ1n) is 4.59. The van der Waals surface area contributed by atoms with Crippen molar-refractivity contribution in [2.24, 2.45) is 5.73 Å². The van der Waals surface area contributed by atoms with Gasteiger partial charge < -0.3 is 10.7 Å². The van der Waals surface area contributed by atoms with Crippen molar-refractivity contribution in [3.05, 3.63) is 63.2 Å². The lowest BCUT2D eigenvalue weighted by Crippen LogP contribution is -2.19. The Labute approximate surface area is 91.2 Å². The molecule has 2 rings (SSSR count). The molecule has 0 atom stereocenters. The van der Waals surface area contributed by atoms with Crippen molar-refractivity contribution in [3.8, 4) is 0 Å².